The van der Waals surface area contributed by atoms with Crippen LogP contribution in [0.15, 0.2) is 0 Å². The summed E-state index contributed by atoms with van der Waals surface area (Å²) < 4.78 is 0. The van der Waals surface area contributed by atoms with Gasteiger partial charge in [-0.15, -0.1) is 0 Å². The molecule has 0 aliphatic heterocycles. The molecule has 52 valence electrons. The van der Waals surface area contributed by atoms with E-state index in [1.54, 1.807) is 11.8 Å². The molecule has 9 heavy (non-hydrogen) atoms. The Labute approximate surface area is 58.6 Å². The average Bonchev–Trinajstić information content (AvgIpc) is 2.47. The largest absolute Gasteiger partial charge is 0.481 e. The van der Waals surface area contributed by atoms with Crippen molar-refractivity contribution in [1.29, 1.82) is 0 Å². The normalized spacial score (nSPS) is 32.1. The third kappa shape index (κ3) is 1.61. The van der Waals surface area contributed by atoms with Crippen LogP contribution in [0.1, 0.15) is 6.42 Å². The van der Waals surface area contributed by atoms with E-state index in [1.807, 2.05) is 6.26 Å². The second kappa shape index (κ2) is 2.60. The topological polar surface area (TPSA) is 37.3 Å². The minimum Gasteiger partial charge on any atom is -0.481 e. The van der Waals surface area contributed by atoms with Crippen molar-refractivity contribution in [2.75, 3.05) is 12.0 Å². The fourth-order valence-electron chi connectivity index (χ4n) is 0.948. The third-order valence-electron chi connectivity index (χ3n) is 1.62. The van der Waals surface area contributed by atoms with Crippen LogP contribution in [0.2, 0.25) is 0 Å². The van der Waals surface area contributed by atoms with Gasteiger partial charge in [-0.2, -0.15) is 11.8 Å². The molecular formula is C6H10O2S. The molecule has 1 fully saturated rings. The Morgan fingerprint density at radius 3 is 2.89 bits per heavy atom. The van der Waals surface area contributed by atoms with Crippen LogP contribution in [0.3, 0.4) is 0 Å². The van der Waals surface area contributed by atoms with Crippen LogP contribution in [0.4, 0.5) is 0 Å². The molecule has 2 atom stereocenters. The molecule has 2 unspecified atom stereocenters. The van der Waals surface area contributed by atoms with Crippen LogP contribution in [0, 0.1) is 11.8 Å². The van der Waals surface area contributed by atoms with Gasteiger partial charge in [0.15, 0.2) is 0 Å². The highest BCUT2D eigenvalue weighted by atomic mass is 32.2. The minimum atomic E-state index is -0.617. The van der Waals surface area contributed by atoms with E-state index < -0.39 is 5.97 Å². The molecule has 0 heterocycles. The highest BCUT2D eigenvalue weighted by Gasteiger charge is 2.42. The van der Waals surface area contributed by atoms with Crippen LogP contribution >= 0.6 is 11.8 Å². The number of carbonyl (C=O) groups is 1. The number of carboxylic acids is 1. The van der Waals surface area contributed by atoms with Crippen molar-refractivity contribution in [2.24, 2.45) is 11.8 Å². The van der Waals surface area contributed by atoms with Crippen molar-refractivity contribution < 1.29 is 9.90 Å². The Kier molecular flexibility index (Phi) is 2.01. The van der Waals surface area contributed by atoms with Gasteiger partial charge in [-0.1, -0.05) is 0 Å². The Hall–Kier alpha value is -0.180. The summed E-state index contributed by atoms with van der Waals surface area (Å²) in [6.45, 7) is 0. The van der Waals surface area contributed by atoms with Crippen molar-refractivity contribution in [3.8, 4) is 0 Å². The Balaban J connectivity index is 2.17. The SMILES string of the molecule is CSCC1CC1C(=O)O. The molecule has 1 aliphatic rings. The van der Waals surface area contributed by atoms with Gasteiger partial charge in [0.05, 0.1) is 5.92 Å². The van der Waals surface area contributed by atoms with Crippen LogP contribution < -0.4 is 0 Å². The van der Waals surface area contributed by atoms with Crippen molar-refractivity contribution in [2.45, 2.75) is 6.42 Å². The van der Waals surface area contributed by atoms with E-state index in [2.05, 4.69) is 0 Å². The first-order valence-corrected chi connectivity index (χ1v) is 4.37. The van der Waals surface area contributed by atoms with Gasteiger partial charge in [-0.25, -0.2) is 0 Å². The maximum Gasteiger partial charge on any atom is 0.306 e. The van der Waals surface area contributed by atoms with E-state index in [-0.39, 0.29) is 5.92 Å². The highest BCUT2D eigenvalue weighted by Crippen LogP contribution is 2.40. The zero-order valence-corrected chi connectivity index (χ0v) is 6.15. The summed E-state index contributed by atoms with van der Waals surface area (Å²) in [4.78, 5) is 10.2. The summed E-state index contributed by atoms with van der Waals surface area (Å²) in [7, 11) is 0. The summed E-state index contributed by atoms with van der Waals surface area (Å²) >= 11 is 1.73. The third-order valence-corrected chi connectivity index (χ3v) is 2.38. The van der Waals surface area contributed by atoms with E-state index in [4.69, 9.17) is 5.11 Å². The quantitative estimate of drug-likeness (QED) is 0.647. The zero-order valence-electron chi connectivity index (χ0n) is 5.33. The minimum absolute atomic E-state index is 0.0163. The Morgan fingerprint density at radius 2 is 2.56 bits per heavy atom. The van der Waals surface area contributed by atoms with Gasteiger partial charge < -0.3 is 5.11 Å². The highest BCUT2D eigenvalue weighted by molar-refractivity contribution is 7.98. The predicted molar refractivity (Wildman–Crippen MR) is 37.6 cm³/mol. The van der Waals surface area contributed by atoms with Gasteiger partial charge in [-0.3, -0.25) is 4.79 Å². The van der Waals surface area contributed by atoms with Gasteiger partial charge in [0.25, 0.3) is 0 Å². The molecule has 3 heteroatoms. The summed E-state index contributed by atoms with van der Waals surface area (Å²) in [5, 5.41) is 8.44. The fourth-order valence-corrected chi connectivity index (χ4v) is 1.74. The van der Waals surface area contributed by atoms with Crippen LogP contribution in [0.25, 0.3) is 0 Å². The number of carboxylic acid groups (broad SMARTS) is 1. The monoisotopic (exact) mass is 146 g/mol. The molecule has 0 saturated heterocycles. The van der Waals surface area contributed by atoms with E-state index in [0.717, 1.165) is 12.2 Å². The molecule has 0 amide bonds. The van der Waals surface area contributed by atoms with Gasteiger partial charge >= 0.3 is 5.97 Å². The van der Waals surface area contributed by atoms with Crippen LogP contribution in [-0.4, -0.2) is 23.1 Å². The van der Waals surface area contributed by atoms with E-state index in [1.165, 1.54) is 0 Å². The van der Waals surface area contributed by atoms with Crippen molar-refractivity contribution in [3.63, 3.8) is 0 Å². The Morgan fingerprint density at radius 1 is 1.89 bits per heavy atom. The number of aliphatic carboxylic acids is 1. The van der Waals surface area contributed by atoms with E-state index >= 15 is 0 Å². The first-order chi connectivity index (χ1) is 4.25. The lowest BCUT2D eigenvalue weighted by atomic mass is 10.3. The standard InChI is InChI=1S/C6H10O2S/c1-9-3-4-2-5(4)6(7)8/h4-5H,2-3H2,1H3,(H,7,8). The lowest BCUT2D eigenvalue weighted by molar-refractivity contribution is -0.138. The van der Waals surface area contributed by atoms with Crippen molar-refractivity contribution in [3.05, 3.63) is 0 Å². The van der Waals surface area contributed by atoms with Crippen LogP contribution in [-0.2, 0) is 4.79 Å². The number of hydrogen-bond donors (Lipinski definition) is 1. The lowest BCUT2D eigenvalue weighted by Gasteiger charge is -1.89. The summed E-state index contributed by atoms with van der Waals surface area (Å²) in [6, 6.07) is 0. The maximum absolute atomic E-state index is 10.2. The second-order valence-electron chi connectivity index (χ2n) is 2.40. The first kappa shape index (κ1) is 6.93. The lowest BCUT2D eigenvalue weighted by Crippen LogP contribution is -2.00. The number of hydrogen-bond acceptors (Lipinski definition) is 2. The molecule has 0 aromatic heterocycles. The fraction of sp³-hybridized carbons (Fsp3) is 0.833. The molecule has 0 radical (unpaired) electrons. The molecule has 1 saturated carbocycles. The van der Waals surface area contributed by atoms with Gasteiger partial charge in [0, 0.05) is 0 Å². The maximum atomic E-state index is 10.2. The Bertz CT molecular complexity index is 124. The van der Waals surface area contributed by atoms with Gasteiger partial charge in [0.2, 0.25) is 0 Å². The van der Waals surface area contributed by atoms with E-state index in [0.29, 0.717) is 5.92 Å². The second-order valence-corrected chi connectivity index (χ2v) is 3.31. The molecule has 0 aromatic rings. The van der Waals surface area contributed by atoms with Gasteiger partial charge in [0.1, 0.15) is 0 Å². The number of rotatable bonds is 3. The molecule has 1 rings (SSSR count). The van der Waals surface area contributed by atoms with Crippen molar-refractivity contribution >= 4 is 17.7 Å². The summed E-state index contributed by atoms with van der Waals surface area (Å²) in [5.74, 6) is 0.848. The number of thioether (sulfide) groups is 1. The van der Waals surface area contributed by atoms with E-state index in [9.17, 15) is 4.79 Å². The summed E-state index contributed by atoms with van der Waals surface area (Å²) in [5.41, 5.74) is 0. The molecule has 1 N–H and O–H groups in total. The molecule has 1 aliphatic carbocycles. The first-order valence-electron chi connectivity index (χ1n) is 2.97. The van der Waals surface area contributed by atoms with Gasteiger partial charge in [-0.05, 0) is 24.3 Å². The molecule has 0 aromatic carbocycles. The molecule has 2 nitrogen and oxygen atoms in total. The average molecular weight is 146 g/mol. The molecule has 0 spiro atoms. The van der Waals surface area contributed by atoms with Crippen LogP contribution in [0.5, 0.6) is 0 Å². The van der Waals surface area contributed by atoms with Crippen molar-refractivity contribution in [1.82, 2.24) is 0 Å². The smallest absolute Gasteiger partial charge is 0.306 e. The molecule has 0 bridgehead atoms. The predicted octanol–water partition coefficient (Wildman–Crippen LogP) is 1.07. The summed E-state index contributed by atoms with van der Waals surface area (Å²) in [6.07, 6.45) is 2.91. The zero-order chi connectivity index (χ0) is 6.85. The molecular weight excluding hydrogens is 136 g/mol.